The first-order valence-electron chi connectivity index (χ1n) is 7.34. The average molecular weight is 284 g/mol. The van der Waals surface area contributed by atoms with E-state index in [-0.39, 0.29) is 17.9 Å². The number of amides is 3. The zero-order chi connectivity index (χ0) is 13.9. The third-order valence-electron chi connectivity index (χ3n) is 4.26. The second-order valence-corrected chi connectivity index (χ2v) is 6.35. The van der Waals surface area contributed by atoms with Gasteiger partial charge in [0.2, 0.25) is 0 Å². The molecule has 0 aromatic heterocycles. The van der Waals surface area contributed by atoms with E-state index in [2.05, 4.69) is 17.9 Å². The largest absolute Gasteiger partial charge is 0.325 e. The fraction of sp³-hybridized carbons (Fsp3) is 0.857. The Labute approximate surface area is 120 Å². The van der Waals surface area contributed by atoms with Gasteiger partial charge in [0, 0.05) is 6.54 Å². The van der Waals surface area contributed by atoms with Crippen molar-refractivity contribution >= 4 is 24.6 Å². The third-order valence-corrected chi connectivity index (χ3v) is 4.88. The van der Waals surface area contributed by atoms with Gasteiger partial charge < -0.3 is 5.32 Å². The van der Waals surface area contributed by atoms with Crippen LogP contribution in [0.5, 0.6) is 0 Å². The molecule has 1 N–H and O–H groups in total. The Morgan fingerprint density at radius 3 is 2.37 bits per heavy atom. The van der Waals surface area contributed by atoms with Crippen molar-refractivity contribution in [2.45, 2.75) is 57.4 Å². The number of imide groups is 1. The summed E-state index contributed by atoms with van der Waals surface area (Å²) in [5, 5.41) is 2.98. The maximum absolute atomic E-state index is 12.6. The van der Waals surface area contributed by atoms with Gasteiger partial charge in [-0.3, -0.25) is 9.69 Å². The molecule has 19 heavy (non-hydrogen) atoms. The first-order chi connectivity index (χ1) is 9.09. The maximum Gasteiger partial charge on any atom is 0.325 e. The van der Waals surface area contributed by atoms with Crippen LogP contribution in [0.1, 0.15) is 51.9 Å². The van der Waals surface area contributed by atoms with Crippen LogP contribution in [0, 0.1) is 5.92 Å². The van der Waals surface area contributed by atoms with E-state index in [1.807, 2.05) is 6.92 Å². The van der Waals surface area contributed by atoms with E-state index in [4.69, 9.17) is 0 Å². The molecular weight excluding hydrogens is 260 g/mol. The lowest BCUT2D eigenvalue weighted by Gasteiger charge is -2.28. The number of nitrogens with one attached hydrogen (secondary N) is 1. The Balaban J connectivity index is 2.10. The fourth-order valence-corrected chi connectivity index (χ4v) is 3.17. The van der Waals surface area contributed by atoms with Crippen LogP contribution in [0.25, 0.3) is 0 Å². The van der Waals surface area contributed by atoms with Crippen molar-refractivity contribution in [3.8, 4) is 0 Å². The highest BCUT2D eigenvalue weighted by atomic mass is 32.1. The Bertz CT molecular complexity index is 351. The summed E-state index contributed by atoms with van der Waals surface area (Å²) in [6.45, 7) is 2.49. The van der Waals surface area contributed by atoms with Gasteiger partial charge in [-0.25, -0.2) is 4.79 Å². The van der Waals surface area contributed by atoms with Crippen LogP contribution in [0.4, 0.5) is 4.79 Å². The number of rotatable bonds is 3. The van der Waals surface area contributed by atoms with Crippen molar-refractivity contribution in [1.82, 2.24) is 10.2 Å². The number of nitrogens with zero attached hydrogens (tertiary/aromatic N) is 1. The Morgan fingerprint density at radius 1 is 1.21 bits per heavy atom. The number of carbonyl (C=O) groups excluding carboxylic acids is 2. The van der Waals surface area contributed by atoms with E-state index in [9.17, 15) is 9.59 Å². The second-order valence-electron chi connectivity index (χ2n) is 5.98. The highest BCUT2D eigenvalue weighted by molar-refractivity contribution is 7.80. The predicted octanol–water partition coefficient (Wildman–Crippen LogP) is 2.59. The van der Waals surface area contributed by atoms with Gasteiger partial charge in [-0.2, -0.15) is 12.6 Å². The van der Waals surface area contributed by atoms with Gasteiger partial charge in [-0.1, -0.05) is 39.0 Å². The van der Waals surface area contributed by atoms with Crippen LogP contribution < -0.4 is 5.32 Å². The molecular formula is C14H24N2O2S. The minimum absolute atomic E-state index is 0.00645. The summed E-state index contributed by atoms with van der Waals surface area (Å²) in [5.41, 5.74) is -0.603. The molecule has 3 amide bonds. The first kappa shape index (κ1) is 14.7. The molecule has 4 nitrogen and oxygen atoms in total. The van der Waals surface area contributed by atoms with Crippen molar-refractivity contribution < 1.29 is 9.59 Å². The normalized spacial score (nSPS) is 25.1. The van der Waals surface area contributed by atoms with Crippen LogP contribution in [0.15, 0.2) is 0 Å². The molecule has 2 fully saturated rings. The molecule has 0 aromatic carbocycles. The molecule has 1 saturated carbocycles. The van der Waals surface area contributed by atoms with Gasteiger partial charge in [-0.05, 0) is 24.5 Å². The molecule has 0 radical (unpaired) electrons. The lowest BCUT2D eigenvalue weighted by Crippen LogP contribution is -2.47. The molecule has 1 saturated heterocycles. The molecule has 1 unspecified atom stereocenters. The Hall–Kier alpha value is -0.710. The fourth-order valence-electron chi connectivity index (χ4n) is 3.06. The van der Waals surface area contributed by atoms with Gasteiger partial charge in [0.25, 0.3) is 5.91 Å². The molecule has 5 heteroatoms. The summed E-state index contributed by atoms with van der Waals surface area (Å²) in [6.07, 6.45) is 7.23. The van der Waals surface area contributed by atoms with Crippen molar-refractivity contribution in [1.29, 1.82) is 0 Å². The van der Waals surface area contributed by atoms with Crippen molar-refractivity contribution in [2.24, 2.45) is 5.92 Å². The SMILES string of the molecule is CC(CS)CN1C(=O)NC2(CCCCCCC2)C1=O. The number of hydrogen-bond donors (Lipinski definition) is 2. The van der Waals surface area contributed by atoms with Gasteiger partial charge in [-0.15, -0.1) is 0 Å². The van der Waals surface area contributed by atoms with E-state index >= 15 is 0 Å². The molecule has 2 aliphatic rings. The van der Waals surface area contributed by atoms with Crippen LogP contribution in [-0.2, 0) is 4.79 Å². The van der Waals surface area contributed by atoms with Gasteiger partial charge in [0.1, 0.15) is 5.54 Å². The minimum atomic E-state index is -0.603. The monoisotopic (exact) mass is 284 g/mol. The standard InChI is InChI=1S/C14H24N2O2S/c1-11(10-19)9-16-12(17)14(15-13(16)18)7-5-3-2-4-6-8-14/h11,19H,2-10H2,1H3,(H,15,18). The predicted molar refractivity (Wildman–Crippen MR) is 78.3 cm³/mol. The summed E-state index contributed by atoms with van der Waals surface area (Å²) >= 11 is 4.23. The molecule has 1 aliphatic heterocycles. The summed E-state index contributed by atoms with van der Waals surface area (Å²) in [6, 6.07) is -0.209. The van der Waals surface area contributed by atoms with Crippen LogP contribution >= 0.6 is 12.6 Å². The van der Waals surface area contributed by atoms with E-state index in [0.717, 1.165) is 38.5 Å². The van der Waals surface area contributed by atoms with Gasteiger partial charge >= 0.3 is 6.03 Å². The topological polar surface area (TPSA) is 49.4 Å². The molecule has 108 valence electrons. The zero-order valence-electron chi connectivity index (χ0n) is 11.7. The lowest BCUT2D eigenvalue weighted by atomic mass is 9.84. The van der Waals surface area contributed by atoms with Crippen molar-refractivity contribution in [3.05, 3.63) is 0 Å². The minimum Gasteiger partial charge on any atom is -0.323 e. The van der Waals surface area contributed by atoms with E-state index in [0.29, 0.717) is 12.3 Å². The number of hydrogen-bond acceptors (Lipinski definition) is 3. The van der Waals surface area contributed by atoms with Crippen LogP contribution in [0.3, 0.4) is 0 Å². The first-order valence-corrected chi connectivity index (χ1v) is 7.97. The lowest BCUT2D eigenvalue weighted by molar-refractivity contribution is -0.132. The van der Waals surface area contributed by atoms with E-state index < -0.39 is 5.54 Å². The molecule has 1 atom stereocenters. The number of carbonyl (C=O) groups is 2. The average Bonchev–Trinajstić information content (AvgIpc) is 2.59. The molecule has 0 aromatic rings. The highest BCUT2D eigenvalue weighted by Crippen LogP contribution is 2.32. The molecule has 2 rings (SSSR count). The maximum atomic E-state index is 12.6. The van der Waals surface area contributed by atoms with Gasteiger partial charge in [0.05, 0.1) is 0 Å². The molecule has 1 spiro atoms. The summed E-state index contributed by atoms with van der Waals surface area (Å²) in [4.78, 5) is 26.1. The summed E-state index contributed by atoms with van der Waals surface area (Å²) < 4.78 is 0. The second kappa shape index (κ2) is 6.16. The quantitative estimate of drug-likeness (QED) is 0.618. The molecule has 0 bridgehead atoms. The van der Waals surface area contributed by atoms with E-state index in [1.54, 1.807) is 0 Å². The molecule has 1 heterocycles. The number of urea groups is 1. The van der Waals surface area contributed by atoms with E-state index in [1.165, 1.54) is 11.3 Å². The summed E-state index contributed by atoms with van der Waals surface area (Å²) in [5.74, 6) is 0.916. The summed E-state index contributed by atoms with van der Waals surface area (Å²) in [7, 11) is 0. The third kappa shape index (κ3) is 3.07. The molecule has 1 aliphatic carbocycles. The highest BCUT2D eigenvalue weighted by Gasteiger charge is 2.50. The zero-order valence-corrected chi connectivity index (χ0v) is 12.5. The van der Waals surface area contributed by atoms with Crippen LogP contribution in [-0.4, -0.2) is 34.7 Å². The number of thiol groups is 1. The van der Waals surface area contributed by atoms with Crippen LogP contribution in [0.2, 0.25) is 0 Å². The van der Waals surface area contributed by atoms with Crippen molar-refractivity contribution in [2.75, 3.05) is 12.3 Å². The Kier molecular flexibility index (Phi) is 4.76. The van der Waals surface area contributed by atoms with Crippen molar-refractivity contribution in [3.63, 3.8) is 0 Å². The Morgan fingerprint density at radius 2 is 1.79 bits per heavy atom. The van der Waals surface area contributed by atoms with Gasteiger partial charge in [0.15, 0.2) is 0 Å². The smallest absolute Gasteiger partial charge is 0.323 e.